The molecule has 0 rings (SSSR count). The SMILES string of the molecule is CC/C=C\P(C)CC(C)CCC. The Morgan fingerprint density at radius 1 is 1.33 bits per heavy atom. The van der Waals surface area contributed by atoms with Gasteiger partial charge in [0.05, 0.1) is 0 Å². The van der Waals surface area contributed by atoms with Crippen molar-refractivity contribution >= 4 is 7.92 Å². The minimum atomic E-state index is 0.182. The molecule has 12 heavy (non-hydrogen) atoms. The molecule has 0 radical (unpaired) electrons. The van der Waals surface area contributed by atoms with Crippen LogP contribution in [0.4, 0.5) is 0 Å². The van der Waals surface area contributed by atoms with Crippen molar-refractivity contribution in [2.24, 2.45) is 5.92 Å². The van der Waals surface area contributed by atoms with E-state index in [0.717, 1.165) is 5.92 Å². The maximum atomic E-state index is 2.42. The standard InChI is InChI=1S/C11H23P/c1-5-7-9-12(4)10-11(3)8-6-2/h7,9,11H,5-6,8,10H2,1-4H3/b9-7-. The lowest BCUT2D eigenvalue weighted by Crippen LogP contribution is -1.97. The van der Waals surface area contributed by atoms with Gasteiger partial charge in [0.25, 0.3) is 0 Å². The van der Waals surface area contributed by atoms with Gasteiger partial charge in [0.15, 0.2) is 0 Å². The van der Waals surface area contributed by atoms with Crippen molar-refractivity contribution in [1.82, 2.24) is 0 Å². The summed E-state index contributed by atoms with van der Waals surface area (Å²) < 4.78 is 0. The molecule has 0 N–H and O–H groups in total. The number of rotatable bonds is 6. The van der Waals surface area contributed by atoms with Gasteiger partial charge in [0.1, 0.15) is 0 Å². The Balaban J connectivity index is 3.53. The molecule has 0 aliphatic heterocycles. The topological polar surface area (TPSA) is 0 Å². The van der Waals surface area contributed by atoms with Gasteiger partial charge in [-0.05, 0) is 25.2 Å². The van der Waals surface area contributed by atoms with Gasteiger partial charge < -0.3 is 0 Å². The predicted molar refractivity (Wildman–Crippen MR) is 61.2 cm³/mol. The molecule has 0 saturated heterocycles. The highest BCUT2D eigenvalue weighted by Crippen LogP contribution is 2.35. The maximum Gasteiger partial charge on any atom is -0.0268 e. The highest BCUT2D eigenvalue weighted by Gasteiger charge is 2.03. The fourth-order valence-corrected chi connectivity index (χ4v) is 3.28. The van der Waals surface area contributed by atoms with Crippen molar-refractivity contribution in [2.45, 2.75) is 40.0 Å². The molecule has 0 saturated carbocycles. The largest absolute Gasteiger partial charge is 0.0865 e. The summed E-state index contributed by atoms with van der Waals surface area (Å²) in [5, 5.41) is 0. The first-order chi connectivity index (χ1) is 5.70. The highest BCUT2D eigenvalue weighted by atomic mass is 31.1. The van der Waals surface area contributed by atoms with Gasteiger partial charge >= 0.3 is 0 Å². The molecular formula is C11H23P. The molecule has 1 heteroatoms. The minimum absolute atomic E-state index is 0.182. The van der Waals surface area contributed by atoms with E-state index in [9.17, 15) is 0 Å². The van der Waals surface area contributed by atoms with E-state index in [1.807, 2.05) is 0 Å². The highest BCUT2D eigenvalue weighted by molar-refractivity contribution is 7.60. The average molecular weight is 186 g/mol. The summed E-state index contributed by atoms with van der Waals surface area (Å²) >= 11 is 0. The first-order valence-electron chi connectivity index (χ1n) is 5.07. The second kappa shape index (κ2) is 7.80. The van der Waals surface area contributed by atoms with Crippen molar-refractivity contribution in [3.05, 3.63) is 11.9 Å². The molecule has 0 aromatic heterocycles. The van der Waals surface area contributed by atoms with Gasteiger partial charge in [0, 0.05) is 0 Å². The van der Waals surface area contributed by atoms with Crippen LogP contribution in [-0.2, 0) is 0 Å². The monoisotopic (exact) mass is 186 g/mol. The van der Waals surface area contributed by atoms with E-state index in [1.54, 1.807) is 0 Å². The van der Waals surface area contributed by atoms with Crippen LogP contribution < -0.4 is 0 Å². The second-order valence-electron chi connectivity index (χ2n) is 3.63. The third kappa shape index (κ3) is 6.85. The van der Waals surface area contributed by atoms with Crippen molar-refractivity contribution in [1.29, 1.82) is 0 Å². The second-order valence-corrected chi connectivity index (χ2v) is 5.80. The molecule has 72 valence electrons. The molecule has 0 amide bonds. The molecule has 0 bridgehead atoms. The smallest absolute Gasteiger partial charge is 0.0268 e. The van der Waals surface area contributed by atoms with Crippen molar-refractivity contribution in [2.75, 3.05) is 12.8 Å². The molecule has 0 aromatic carbocycles. The van der Waals surface area contributed by atoms with Gasteiger partial charge in [-0.25, -0.2) is 0 Å². The van der Waals surface area contributed by atoms with Crippen molar-refractivity contribution in [3.63, 3.8) is 0 Å². The summed E-state index contributed by atoms with van der Waals surface area (Å²) in [5.41, 5.74) is 0. The lowest BCUT2D eigenvalue weighted by Gasteiger charge is -2.13. The Bertz CT molecular complexity index is 118. The Kier molecular flexibility index (Phi) is 7.91. The van der Waals surface area contributed by atoms with Gasteiger partial charge in [-0.3, -0.25) is 0 Å². The molecule has 2 atom stereocenters. The Labute approximate surface area is 79.2 Å². The lowest BCUT2D eigenvalue weighted by atomic mass is 10.1. The summed E-state index contributed by atoms with van der Waals surface area (Å²) in [7, 11) is 0.182. The summed E-state index contributed by atoms with van der Waals surface area (Å²) in [6.07, 6.45) is 7.65. The third-order valence-corrected chi connectivity index (χ3v) is 3.90. The van der Waals surface area contributed by atoms with E-state index in [0.29, 0.717) is 0 Å². The zero-order chi connectivity index (χ0) is 9.40. The number of hydrogen-bond donors (Lipinski definition) is 0. The van der Waals surface area contributed by atoms with Crippen molar-refractivity contribution in [3.8, 4) is 0 Å². The molecule has 0 aromatic rings. The van der Waals surface area contributed by atoms with E-state index in [-0.39, 0.29) is 7.92 Å². The molecule has 0 nitrogen and oxygen atoms in total. The first-order valence-corrected chi connectivity index (χ1v) is 7.11. The molecule has 0 heterocycles. The zero-order valence-electron chi connectivity index (χ0n) is 9.01. The van der Waals surface area contributed by atoms with Crippen LogP contribution in [0.3, 0.4) is 0 Å². The quantitative estimate of drug-likeness (QED) is 0.537. The van der Waals surface area contributed by atoms with Crippen LogP contribution >= 0.6 is 7.92 Å². The lowest BCUT2D eigenvalue weighted by molar-refractivity contribution is 0.583. The maximum absolute atomic E-state index is 2.42. The van der Waals surface area contributed by atoms with E-state index in [1.165, 1.54) is 25.4 Å². The summed E-state index contributed by atoms with van der Waals surface area (Å²) in [6.45, 7) is 9.24. The molecule has 0 fully saturated rings. The fraction of sp³-hybridized carbons (Fsp3) is 0.818. The van der Waals surface area contributed by atoms with Gasteiger partial charge in [-0.2, -0.15) is 0 Å². The van der Waals surface area contributed by atoms with Crippen LogP contribution in [-0.4, -0.2) is 12.8 Å². The van der Waals surface area contributed by atoms with Crippen LogP contribution in [0.2, 0.25) is 0 Å². The third-order valence-electron chi connectivity index (χ3n) is 1.98. The summed E-state index contributed by atoms with van der Waals surface area (Å²) in [4.78, 5) is 0. The molecular weight excluding hydrogens is 163 g/mol. The molecule has 0 spiro atoms. The van der Waals surface area contributed by atoms with Crippen LogP contribution in [0, 0.1) is 5.92 Å². The van der Waals surface area contributed by atoms with E-state index < -0.39 is 0 Å². The Morgan fingerprint density at radius 2 is 2.00 bits per heavy atom. The zero-order valence-corrected chi connectivity index (χ0v) is 9.90. The fourth-order valence-electron chi connectivity index (χ4n) is 1.42. The van der Waals surface area contributed by atoms with Crippen LogP contribution in [0.25, 0.3) is 0 Å². The summed E-state index contributed by atoms with van der Waals surface area (Å²) in [6, 6.07) is 0. The molecule has 0 aliphatic rings. The van der Waals surface area contributed by atoms with E-state index >= 15 is 0 Å². The first kappa shape index (κ1) is 12.2. The van der Waals surface area contributed by atoms with E-state index in [4.69, 9.17) is 0 Å². The van der Waals surface area contributed by atoms with Crippen LogP contribution in [0.15, 0.2) is 11.9 Å². The van der Waals surface area contributed by atoms with Crippen LogP contribution in [0.1, 0.15) is 40.0 Å². The number of hydrogen-bond acceptors (Lipinski definition) is 0. The predicted octanol–water partition coefficient (Wildman–Crippen LogP) is 4.46. The average Bonchev–Trinajstić information content (AvgIpc) is 2.01. The Hall–Kier alpha value is 0.170. The van der Waals surface area contributed by atoms with Gasteiger partial charge in [-0.15, -0.1) is 0 Å². The van der Waals surface area contributed by atoms with Gasteiger partial charge in [0.2, 0.25) is 0 Å². The molecule has 2 unspecified atom stereocenters. The van der Waals surface area contributed by atoms with Gasteiger partial charge in [-0.1, -0.05) is 53.4 Å². The van der Waals surface area contributed by atoms with E-state index in [2.05, 4.69) is 39.3 Å². The number of allylic oxidation sites excluding steroid dienone is 1. The molecule has 0 aliphatic carbocycles. The van der Waals surface area contributed by atoms with Crippen LogP contribution in [0.5, 0.6) is 0 Å². The van der Waals surface area contributed by atoms with Crippen molar-refractivity contribution < 1.29 is 0 Å². The normalized spacial score (nSPS) is 16.7. The minimum Gasteiger partial charge on any atom is -0.0865 e. The summed E-state index contributed by atoms with van der Waals surface area (Å²) in [5.74, 6) is 3.34. The Morgan fingerprint density at radius 3 is 2.50 bits per heavy atom.